The molecule has 0 aliphatic carbocycles. The van der Waals surface area contributed by atoms with E-state index in [1.807, 2.05) is 48.5 Å². The number of nitrogens with zero attached hydrogens (tertiary/aromatic N) is 3. The van der Waals surface area contributed by atoms with Gasteiger partial charge in [0.25, 0.3) is 0 Å². The van der Waals surface area contributed by atoms with E-state index in [1.165, 1.54) is 4.90 Å². The standard InChI is InChI=1S/C19H20N4OS/c24-19(11-14-25-17-9-5-2-6-10-17)22-18(15-23-20-12-13-21-23)16-7-3-1-4-8-16/h1-10,12-13,18H,11,14-15H2,(H,22,24). The third kappa shape index (κ3) is 5.46. The molecule has 1 heterocycles. The van der Waals surface area contributed by atoms with Gasteiger partial charge < -0.3 is 5.32 Å². The number of hydrogen-bond donors (Lipinski definition) is 1. The van der Waals surface area contributed by atoms with Gasteiger partial charge >= 0.3 is 0 Å². The van der Waals surface area contributed by atoms with Crippen molar-refractivity contribution in [1.29, 1.82) is 0 Å². The summed E-state index contributed by atoms with van der Waals surface area (Å²) in [6.45, 7) is 0.509. The van der Waals surface area contributed by atoms with Gasteiger partial charge in [-0.1, -0.05) is 48.5 Å². The molecule has 1 unspecified atom stereocenters. The van der Waals surface area contributed by atoms with Crippen LogP contribution in [0.15, 0.2) is 78.0 Å². The Kier molecular flexibility index (Phi) is 6.23. The largest absolute Gasteiger partial charge is 0.347 e. The molecule has 1 aromatic heterocycles. The minimum absolute atomic E-state index is 0.0319. The molecule has 128 valence electrons. The van der Waals surface area contributed by atoms with Crippen molar-refractivity contribution in [2.45, 2.75) is 23.9 Å². The number of amides is 1. The Morgan fingerprint density at radius 3 is 2.32 bits per heavy atom. The van der Waals surface area contributed by atoms with Crippen LogP contribution in [0, 0.1) is 0 Å². The SMILES string of the molecule is O=C(CCSc1ccccc1)NC(Cn1nccn1)c1ccccc1. The van der Waals surface area contributed by atoms with Crippen molar-refractivity contribution in [2.75, 3.05) is 5.75 Å². The molecule has 3 rings (SSSR count). The number of aromatic nitrogens is 3. The minimum Gasteiger partial charge on any atom is -0.347 e. The van der Waals surface area contributed by atoms with Crippen LogP contribution in [0.25, 0.3) is 0 Å². The van der Waals surface area contributed by atoms with E-state index in [1.54, 1.807) is 29.0 Å². The molecule has 1 N–H and O–H groups in total. The molecule has 1 amide bonds. The van der Waals surface area contributed by atoms with Gasteiger partial charge in [-0.25, -0.2) is 0 Å². The summed E-state index contributed by atoms with van der Waals surface area (Å²) in [5.41, 5.74) is 1.05. The first kappa shape index (κ1) is 17.2. The highest BCUT2D eigenvalue weighted by atomic mass is 32.2. The second-order valence-corrected chi connectivity index (χ2v) is 6.69. The zero-order chi connectivity index (χ0) is 17.3. The van der Waals surface area contributed by atoms with Gasteiger partial charge in [0.15, 0.2) is 0 Å². The monoisotopic (exact) mass is 352 g/mol. The fraction of sp³-hybridized carbons (Fsp3) is 0.211. The van der Waals surface area contributed by atoms with Crippen molar-refractivity contribution >= 4 is 17.7 Å². The molecule has 1 atom stereocenters. The molecule has 0 aliphatic rings. The van der Waals surface area contributed by atoms with Gasteiger partial charge in [-0.3, -0.25) is 4.79 Å². The molecule has 0 fully saturated rings. The summed E-state index contributed by atoms with van der Waals surface area (Å²) in [5, 5.41) is 11.4. The molecule has 0 radical (unpaired) electrons. The van der Waals surface area contributed by atoms with Gasteiger partial charge in [0.05, 0.1) is 25.0 Å². The number of carbonyl (C=O) groups is 1. The van der Waals surface area contributed by atoms with Crippen LogP contribution in [0.4, 0.5) is 0 Å². The third-order valence-electron chi connectivity index (χ3n) is 3.69. The van der Waals surface area contributed by atoms with E-state index in [2.05, 4.69) is 27.6 Å². The predicted molar refractivity (Wildman–Crippen MR) is 99.1 cm³/mol. The predicted octanol–water partition coefficient (Wildman–Crippen LogP) is 3.32. The molecule has 2 aromatic carbocycles. The molecule has 0 spiro atoms. The van der Waals surface area contributed by atoms with Crippen LogP contribution in [0.1, 0.15) is 18.0 Å². The average molecular weight is 352 g/mol. The van der Waals surface area contributed by atoms with E-state index >= 15 is 0 Å². The lowest BCUT2D eigenvalue weighted by Crippen LogP contribution is -2.32. The van der Waals surface area contributed by atoms with Crippen molar-refractivity contribution in [3.63, 3.8) is 0 Å². The topological polar surface area (TPSA) is 59.8 Å². The van der Waals surface area contributed by atoms with E-state index in [9.17, 15) is 4.79 Å². The summed E-state index contributed by atoms with van der Waals surface area (Å²) >= 11 is 1.69. The van der Waals surface area contributed by atoms with Crippen LogP contribution in [-0.4, -0.2) is 26.7 Å². The quantitative estimate of drug-likeness (QED) is 0.632. The summed E-state index contributed by atoms with van der Waals surface area (Å²) in [4.78, 5) is 15.1. The lowest BCUT2D eigenvalue weighted by atomic mass is 10.1. The number of nitrogens with one attached hydrogen (secondary N) is 1. The van der Waals surface area contributed by atoms with Gasteiger partial charge in [0, 0.05) is 17.1 Å². The van der Waals surface area contributed by atoms with Crippen molar-refractivity contribution in [3.05, 3.63) is 78.6 Å². The van der Waals surface area contributed by atoms with E-state index in [4.69, 9.17) is 0 Å². The van der Waals surface area contributed by atoms with E-state index in [-0.39, 0.29) is 11.9 Å². The first-order chi connectivity index (χ1) is 12.3. The van der Waals surface area contributed by atoms with E-state index in [0.29, 0.717) is 13.0 Å². The summed E-state index contributed by atoms with van der Waals surface area (Å²) in [5.74, 6) is 0.779. The first-order valence-electron chi connectivity index (χ1n) is 8.17. The highest BCUT2D eigenvalue weighted by molar-refractivity contribution is 7.99. The number of carbonyl (C=O) groups excluding carboxylic acids is 1. The molecule has 0 bridgehead atoms. The zero-order valence-electron chi connectivity index (χ0n) is 13.8. The maximum absolute atomic E-state index is 12.4. The Morgan fingerprint density at radius 1 is 1.00 bits per heavy atom. The lowest BCUT2D eigenvalue weighted by Gasteiger charge is -2.18. The number of benzene rings is 2. The Balaban J connectivity index is 1.56. The van der Waals surface area contributed by atoms with Gasteiger partial charge in [0.2, 0.25) is 5.91 Å². The zero-order valence-corrected chi connectivity index (χ0v) is 14.6. The van der Waals surface area contributed by atoms with Crippen LogP contribution in [0.5, 0.6) is 0 Å². The summed E-state index contributed by atoms with van der Waals surface area (Å²) in [7, 11) is 0. The fourth-order valence-electron chi connectivity index (χ4n) is 2.47. The average Bonchev–Trinajstić information content (AvgIpc) is 3.16. The van der Waals surface area contributed by atoms with Crippen LogP contribution < -0.4 is 5.32 Å². The highest BCUT2D eigenvalue weighted by Crippen LogP contribution is 2.19. The molecule has 5 nitrogen and oxygen atoms in total. The Labute approximate surface area is 151 Å². The third-order valence-corrected chi connectivity index (χ3v) is 4.70. The summed E-state index contributed by atoms with van der Waals surface area (Å²) in [6.07, 6.45) is 3.75. The molecule has 0 aliphatic heterocycles. The Morgan fingerprint density at radius 2 is 1.64 bits per heavy atom. The van der Waals surface area contributed by atoms with E-state index < -0.39 is 0 Å². The number of hydrogen-bond acceptors (Lipinski definition) is 4. The molecule has 0 saturated heterocycles. The maximum Gasteiger partial charge on any atom is 0.221 e. The summed E-state index contributed by atoms with van der Waals surface area (Å²) < 4.78 is 0. The minimum atomic E-state index is -0.150. The molecular weight excluding hydrogens is 332 g/mol. The maximum atomic E-state index is 12.4. The van der Waals surface area contributed by atoms with Crippen LogP contribution >= 0.6 is 11.8 Å². The van der Waals surface area contributed by atoms with E-state index in [0.717, 1.165) is 11.3 Å². The van der Waals surface area contributed by atoms with Crippen molar-refractivity contribution in [2.24, 2.45) is 0 Å². The number of thioether (sulfide) groups is 1. The second-order valence-electron chi connectivity index (χ2n) is 5.53. The highest BCUT2D eigenvalue weighted by Gasteiger charge is 2.16. The van der Waals surface area contributed by atoms with Crippen LogP contribution in [-0.2, 0) is 11.3 Å². The normalized spacial score (nSPS) is 11.8. The van der Waals surface area contributed by atoms with Gasteiger partial charge in [-0.2, -0.15) is 15.0 Å². The lowest BCUT2D eigenvalue weighted by molar-refractivity contribution is -0.121. The molecule has 6 heteroatoms. The van der Waals surface area contributed by atoms with Crippen LogP contribution in [0.2, 0.25) is 0 Å². The molecule has 0 saturated carbocycles. The van der Waals surface area contributed by atoms with Gasteiger partial charge in [-0.15, -0.1) is 11.8 Å². The van der Waals surface area contributed by atoms with Gasteiger partial charge in [-0.05, 0) is 17.7 Å². The fourth-order valence-corrected chi connectivity index (χ4v) is 3.34. The van der Waals surface area contributed by atoms with Crippen molar-refractivity contribution < 1.29 is 4.79 Å². The molecule has 3 aromatic rings. The smallest absolute Gasteiger partial charge is 0.221 e. The summed E-state index contributed by atoms with van der Waals surface area (Å²) in [6, 6.07) is 19.9. The number of rotatable bonds is 8. The van der Waals surface area contributed by atoms with Crippen molar-refractivity contribution in [1.82, 2.24) is 20.3 Å². The second kappa shape index (κ2) is 9.03. The molecule has 25 heavy (non-hydrogen) atoms. The van der Waals surface area contributed by atoms with Crippen LogP contribution in [0.3, 0.4) is 0 Å². The van der Waals surface area contributed by atoms with Gasteiger partial charge in [0.1, 0.15) is 0 Å². The van der Waals surface area contributed by atoms with Crippen molar-refractivity contribution in [3.8, 4) is 0 Å². The first-order valence-corrected chi connectivity index (χ1v) is 9.16. The molecular formula is C19H20N4OS. The Bertz CT molecular complexity index is 763. The Hall–Kier alpha value is -2.60.